The van der Waals surface area contributed by atoms with E-state index < -0.39 is 6.61 Å². The predicted molar refractivity (Wildman–Crippen MR) is 80.7 cm³/mol. The monoisotopic (exact) mass is 332 g/mol. The third-order valence-electron chi connectivity index (χ3n) is 4.27. The second kappa shape index (κ2) is 7.24. The van der Waals surface area contributed by atoms with Gasteiger partial charge in [-0.2, -0.15) is 8.78 Å². The van der Waals surface area contributed by atoms with E-state index in [0.29, 0.717) is 17.5 Å². The minimum absolute atomic E-state index is 0. The third-order valence-corrected chi connectivity index (χ3v) is 4.27. The van der Waals surface area contributed by atoms with E-state index >= 15 is 0 Å². The highest BCUT2D eigenvalue weighted by atomic mass is 35.5. The molecule has 0 spiro atoms. The van der Waals surface area contributed by atoms with Crippen molar-refractivity contribution in [2.45, 2.75) is 25.5 Å². The van der Waals surface area contributed by atoms with E-state index in [-0.39, 0.29) is 24.1 Å². The number of hydrogen-bond donors (Lipinski definition) is 1. The van der Waals surface area contributed by atoms with Crippen molar-refractivity contribution in [2.75, 3.05) is 19.6 Å². The van der Waals surface area contributed by atoms with Gasteiger partial charge in [0.2, 0.25) is 0 Å². The largest absolute Gasteiger partial charge is 0.435 e. The molecule has 0 saturated carbocycles. The summed E-state index contributed by atoms with van der Waals surface area (Å²) in [5.74, 6) is 0.563. The van der Waals surface area contributed by atoms with E-state index in [1.165, 1.54) is 12.1 Å². The summed E-state index contributed by atoms with van der Waals surface area (Å²) in [7, 11) is 0. The maximum atomic E-state index is 12.4. The number of hydrogen-bond acceptors (Lipinski definition) is 3. The van der Waals surface area contributed by atoms with E-state index in [9.17, 15) is 13.6 Å². The Labute approximate surface area is 134 Å². The SMILES string of the molecule is Cl.O=C(c1ccc(OC(F)F)cc1)N1CCC2NCCC2C1. The molecule has 1 amide bonds. The molecule has 2 saturated heterocycles. The van der Waals surface area contributed by atoms with Gasteiger partial charge in [-0.1, -0.05) is 0 Å². The lowest BCUT2D eigenvalue weighted by molar-refractivity contribution is -0.0498. The average molecular weight is 333 g/mol. The maximum Gasteiger partial charge on any atom is 0.387 e. The van der Waals surface area contributed by atoms with E-state index in [2.05, 4.69) is 10.1 Å². The van der Waals surface area contributed by atoms with Crippen molar-refractivity contribution in [3.05, 3.63) is 29.8 Å². The lowest BCUT2D eigenvalue weighted by Gasteiger charge is -2.34. The number of rotatable bonds is 3. The molecule has 2 fully saturated rings. The molecule has 2 aliphatic heterocycles. The molecule has 1 N–H and O–H groups in total. The van der Waals surface area contributed by atoms with Crippen LogP contribution in [0.15, 0.2) is 24.3 Å². The van der Waals surface area contributed by atoms with E-state index in [1.54, 1.807) is 12.1 Å². The van der Waals surface area contributed by atoms with Gasteiger partial charge in [0.1, 0.15) is 5.75 Å². The van der Waals surface area contributed by atoms with Gasteiger partial charge in [-0.15, -0.1) is 12.4 Å². The van der Waals surface area contributed by atoms with Crippen LogP contribution in [0.1, 0.15) is 23.2 Å². The number of nitrogens with zero attached hydrogens (tertiary/aromatic N) is 1. The summed E-state index contributed by atoms with van der Waals surface area (Å²) in [5, 5.41) is 3.46. The van der Waals surface area contributed by atoms with Gasteiger partial charge in [0.15, 0.2) is 0 Å². The van der Waals surface area contributed by atoms with E-state index in [0.717, 1.165) is 32.5 Å². The Morgan fingerprint density at radius 1 is 1.27 bits per heavy atom. The van der Waals surface area contributed by atoms with Crippen LogP contribution in [-0.2, 0) is 0 Å². The number of benzene rings is 1. The number of alkyl halides is 2. The molecule has 0 aromatic heterocycles. The molecule has 2 aliphatic rings. The molecule has 2 unspecified atom stereocenters. The molecule has 7 heteroatoms. The second-order valence-corrected chi connectivity index (χ2v) is 5.55. The lowest BCUT2D eigenvalue weighted by atomic mass is 9.93. The van der Waals surface area contributed by atoms with Crippen molar-refractivity contribution in [1.29, 1.82) is 0 Å². The number of likely N-dealkylation sites (tertiary alicyclic amines) is 1. The zero-order valence-electron chi connectivity index (χ0n) is 12.0. The number of amides is 1. The van der Waals surface area contributed by atoms with Crippen molar-refractivity contribution < 1.29 is 18.3 Å². The zero-order chi connectivity index (χ0) is 14.8. The van der Waals surface area contributed by atoms with E-state index in [1.807, 2.05) is 4.90 Å². The zero-order valence-corrected chi connectivity index (χ0v) is 12.8. The molecule has 1 aromatic carbocycles. The van der Waals surface area contributed by atoms with Crippen molar-refractivity contribution in [3.8, 4) is 5.75 Å². The van der Waals surface area contributed by atoms with E-state index in [4.69, 9.17) is 0 Å². The highest BCUT2D eigenvalue weighted by molar-refractivity contribution is 5.94. The fourth-order valence-corrected chi connectivity index (χ4v) is 3.19. The number of ether oxygens (including phenoxy) is 1. The first-order chi connectivity index (χ1) is 10.1. The number of carbonyl (C=O) groups is 1. The Balaban J connectivity index is 0.00000176. The fraction of sp³-hybridized carbons (Fsp3) is 0.533. The molecule has 1 aromatic rings. The molecule has 0 aliphatic carbocycles. The van der Waals surface area contributed by atoms with Crippen molar-refractivity contribution >= 4 is 18.3 Å². The first-order valence-corrected chi connectivity index (χ1v) is 7.21. The summed E-state index contributed by atoms with van der Waals surface area (Å²) in [6.45, 7) is -0.314. The lowest BCUT2D eigenvalue weighted by Crippen LogP contribution is -2.46. The molecular weight excluding hydrogens is 314 g/mol. The van der Waals surface area contributed by atoms with Gasteiger partial charge in [-0.05, 0) is 49.6 Å². The van der Waals surface area contributed by atoms with Gasteiger partial charge in [0.05, 0.1) is 0 Å². The second-order valence-electron chi connectivity index (χ2n) is 5.55. The number of piperidine rings is 1. The van der Waals surface area contributed by atoms with Crippen LogP contribution < -0.4 is 10.1 Å². The number of halogens is 3. The highest BCUT2D eigenvalue weighted by Crippen LogP contribution is 2.26. The summed E-state index contributed by atoms with van der Waals surface area (Å²) in [4.78, 5) is 14.3. The van der Waals surface area contributed by atoms with Crippen molar-refractivity contribution in [3.63, 3.8) is 0 Å². The van der Waals surface area contributed by atoms with Crippen LogP contribution in [0.4, 0.5) is 8.78 Å². The van der Waals surface area contributed by atoms with Gasteiger partial charge < -0.3 is 15.0 Å². The Kier molecular flexibility index (Phi) is 5.58. The molecule has 4 nitrogen and oxygen atoms in total. The Morgan fingerprint density at radius 2 is 2.00 bits per heavy atom. The molecule has 2 atom stereocenters. The summed E-state index contributed by atoms with van der Waals surface area (Å²) >= 11 is 0. The van der Waals surface area contributed by atoms with Gasteiger partial charge in [-0.3, -0.25) is 4.79 Å². The molecular formula is C15H19ClF2N2O2. The van der Waals surface area contributed by atoms with Gasteiger partial charge >= 0.3 is 6.61 Å². The molecule has 22 heavy (non-hydrogen) atoms. The molecule has 0 bridgehead atoms. The number of fused-ring (bicyclic) bond motifs is 1. The van der Waals surface area contributed by atoms with Crippen LogP contribution in [0.2, 0.25) is 0 Å². The Morgan fingerprint density at radius 3 is 2.68 bits per heavy atom. The minimum atomic E-state index is -2.85. The maximum absolute atomic E-state index is 12.4. The van der Waals surface area contributed by atoms with Crippen LogP contribution in [-0.4, -0.2) is 43.1 Å². The third kappa shape index (κ3) is 3.67. The fourth-order valence-electron chi connectivity index (χ4n) is 3.19. The summed E-state index contributed by atoms with van der Waals surface area (Å²) in [6, 6.07) is 6.43. The molecule has 3 rings (SSSR count). The Bertz CT molecular complexity index is 513. The van der Waals surface area contributed by atoms with Crippen LogP contribution in [0, 0.1) is 5.92 Å². The van der Waals surface area contributed by atoms with Gasteiger partial charge in [-0.25, -0.2) is 0 Å². The minimum Gasteiger partial charge on any atom is -0.435 e. The first kappa shape index (κ1) is 17.0. The standard InChI is InChI=1S/C15H18F2N2O2.ClH/c16-15(17)21-12-3-1-10(2-4-12)14(20)19-8-6-13-11(9-19)5-7-18-13;/h1-4,11,13,15,18H,5-9H2;1H. The molecule has 122 valence electrons. The predicted octanol–water partition coefficient (Wildman–Crippen LogP) is 2.53. The average Bonchev–Trinajstić information content (AvgIpc) is 2.94. The highest BCUT2D eigenvalue weighted by Gasteiger charge is 2.34. The normalized spacial score (nSPS) is 23.9. The molecule has 2 heterocycles. The van der Waals surface area contributed by atoms with Gasteiger partial charge in [0, 0.05) is 24.7 Å². The topological polar surface area (TPSA) is 41.6 Å². The first-order valence-electron chi connectivity index (χ1n) is 7.21. The van der Waals surface area contributed by atoms with Crippen LogP contribution in [0.3, 0.4) is 0 Å². The quantitative estimate of drug-likeness (QED) is 0.925. The van der Waals surface area contributed by atoms with Crippen LogP contribution in [0.25, 0.3) is 0 Å². The summed E-state index contributed by atoms with van der Waals surface area (Å²) < 4.78 is 28.5. The van der Waals surface area contributed by atoms with Gasteiger partial charge in [0.25, 0.3) is 5.91 Å². The number of nitrogens with one attached hydrogen (secondary N) is 1. The van der Waals surface area contributed by atoms with Crippen molar-refractivity contribution in [2.24, 2.45) is 5.92 Å². The van der Waals surface area contributed by atoms with Crippen molar-refractivity contribution in [1.82, 2.24) is 10.2 Å². The van der Waals surface area contributed by atoms with Crippen LogP contribution in [0.5, 0.6) is 5.75 Å². The smallest absolute Gasteiger partial charge is 0.387 e. The summed E-state index contributed by atoms with van der Waals surface area (Å²) in [6.07, 6.45) is 2.08. The summed E-state index contributed by atoms with van der Waals surface area (Å²) in [5.41, 5.74) is 0.515. The van der Waals surface area contributed by atoms with Crippen LogP contribution >= 0.6 is 12.4 Å². The molecule has 0 radical (unpaired) electrons. The Hall–Kier alpha value is -1.40. The number of carbonyl (C=O) groups excluding carboxylic acids is 1.